The fourth-order valence-corrected chi connectivity index (χ4v) is 4.01. The van der Waals surface area contributed by atoms with Gasteiger partial charge < -0.3 is 0 Å². The minimum absolute atomic E-state index is 0.674. The highest BCUT2D eigenvalue weighted by Gasteiger charge is 2.40. The second kappa shape index (κ2) is 3.12. The first-order valence-corrected chi connectivity index (χ1v) is 6.53. The fraction of sp³-hybridized carbons (Fsp3) is 0.857. The maximum absolute atomic E-state index is 2.63. The molecule has 3 aliphatic rings. The van der Waals surface area contributed by atoms with E-state index in [1.54, 1.807) is 0 Å². The van der Waals surface area contributed by atoms with E-state index >= 15 is 0 Å². The minimum Gasteiger partial charge on any atom is -0.0818 e. The average Bonchev–Trinajstić information content (AvgIpc) is 2.81. The van der Waals surface area contributed by atoms with E-state index in [0.29, 0.717) is 10.8 Å². The van der Waals surface area contributed by atoms with Crippen molar-refractivity contribution in [2.45, 2.75) is 64.2 Å². The summed E-state index contributed by atoms with van der Waals surface area (Å²) in [4.78, 5) is 0. The Kier molecular flexibility index (Phi) is 2.00. The van der Waals surface area contributed by atoms with Crippen molar-refractivity contribution in [3.8, 4) is 0 Å². The zero-order valence-corrected chi connectivity index (χ0v) is 9.23. The van der Waals surface area contributed by atoms with E-state index < -0.39 is 0 Å². The number of hydrogen-bond donors (Lipinski definition) is 0. The molecule has 0 N–H and O–H groups in total. The summed E-state index contributed by atoms with van der Waals surface area (Å²) in [6, 6.07) is 0. The predicted octanol–water partition coefficient (Wildman–Crippen LogP) is 4.46. The molecule has 3 rings (SSSR count). The van der Waals surface area contributed by atoms with Gasteiger partial charge >= 0.3 is 0 Å². The van der Waals surface area contributed by atoms with Gasteiger partial charge in [-0.2, -0.15) is 0 Å². The third-order valence-corrected chi connectivity index (χ3v) is 5.11. The summed E-state index contributed by atoms with van der Waals surface area (Å²) in [6.07, 6.45) is 20.2. The highest BCUT2D eigenvalue weighted by atomic mass is 14.5. The molecule has 0 aromatic carbocycles. The van der Waals surface area contributed by atoms with Crippen LogP contribution in [0.3, 0.4) is 0 Å². The van der Waals surface area contributed by atoms with Crippen LogP contribution in [-0.4, -0.2) is 0 Å². The zero-order chi connectivity index (χ0) is 9.49. The van der Waals surface area contributed by atoms with Crippen molar-refractivity contribution >= 4 is 0 Å². The van der Waals surface area contributed by atoms with Gasteiger partial charge in [0.2, 0.25) is 0 Å². The molecule has 0 atom stereocenters. The van der Waals surface area contributed by atoms with Crippen LogP contribution >= 0.6 is 0 Å². The molecule has 0 amide bonds. The summed E-state index contributed by atoms with van der Waals surface area (Å²) >= 11 is 0. The van der Waals surface area contributed by atoms with Gasteiger partial charge in [0.1, 0.15) is 0 Å². The Labute approximate surface area is 87.8 Å². The average molecular weight is 190 g/mol. The molecule has 3 aliphatic carbocycles. The SMILES string of the molecule is C1=CC2(CCCC2)CCC12CCCC2. The van der Waals surface area contributed by atoms with Crippen LogP contribution in [0.2, 0.25) is 0 Å². The lowest BCUT2D eigenvalue weighted by molar-refractivity contribution is 0.237. The molecule has 0 aromatic heterocycles. The number of allylic oxidation sites excluding steroid dienone is 2. The first kappa shape index (κ1) is 9.00. The highest BCUT2D eigenvalue weighted by Crippen LogP contribution is 2.54. The van der Waals surface area contributed by atoms with E-state index in [9.17, 15) is 0 Å². The topological polar surface area (TPSA) is 0 Å². The second-order valence-corrected chi connectivity index (χ2v) is 5.97. The van der Waals surface area contributed by atoms with Crippen molar-refractivity contribution in [3.63, 3.8) is 0 Å². The van der Waals surface area contributed by atoms with Gasteiger partial charge in [-0.25, -0.2) is 0 Å². The van der Waals surface area contributed by atoms with Crippen molar-refractivity contribution < 1.29 is 0 Å². The number of hydrogen-bond acceptors (Lipinski definition) is 0. The first-order chi connectivity index (χ1) is 6.83. The molecule has 2 saturated carbocycles. The van der Waals surface area contributed by atoms with E-state index in [1.165, 1.54) is 64.2 Å². The Morgan fingerprint density at radius 3 is 1.14 bits per heavy atom. The molecule has 0 bridgehead atoms. The van der Waals surface area contributed by atoms with Crippen molar-refractivity contribution in [2.75, 3.05) is 0 Å². The fourth-order valence-electron chi connectivity index (χ4n) is 4.01. The van der Waals surface area contributed by atoms with E-state index in [1.807, 2.05) is 0 Å². The third kappa shape index (κ3) is 1.34. The predicted molar refractivity (Wildman–Crippen MR) is 60.2 cm³/mol. The third-order valence-electron chi connectivity index (χ3n) is 5.11. The Hall–Kier alpha value is -0.260. The molecule has 0 saturated heterocycles. The minimum atomic E-state index is 0.674. The summed E-state index contributed by atoms with van der Waals surface area (Å²) in [6.45, 7) is 0. The smallest absolute Gasteiger partial charge is 0.0118 e. The maximum Gasteiger partial charge on any atom is -0.0118 e. The van der Waals surface area contributed by atoms with E-state index in [-0.39, 0.29) is 0 Å². The van der Waals surface area contributed by atoms with Crippen molar-refractivity contribution in [1.29, 1.82) is 0 Å². The van der Waals surface area contributed by atoms with Gasteiger partial charge in [0.25, 0.3) is 0 Å². The molecule has 0 aliphatic heterocycles. The largest absolute Gasteiger partial charge is 0.0818 e. The van der Waals surface area contributed by atoms with Crippen LogP contribution in [0.1, 0.15) is 64.2 Å². The normalized spacial score (nSPS) is 33.1. The van der Waals surface area contributed by atoms with Crippen LogP contribution in [0.5, 0.6) is 0 Å². The standard InChI is InChI=1S/C14H22/c1-2-6-13(5-1)9-11-14(12-10-13)7-3-4-8-14/h9,11H,1-8,10,12H2. The Bertz CT molecular complexity index is 211. The van der Waals surface area contributed by atoms with Crippen LogP contribution in [0.15, 0.2) is 12.2 Å². The lowest BCUT2D eigenvalue weighted by Gasteiger charge is -2.37. The summed E-state index contributed by atoms with van der Waals surface area (Å²) in [5.41, 5.74) is 1.35. The summed E-state index contributed by atoms with van der Waals surface area (Å²) < 4.78 is 0. The van der Waals surface area contributed by atoms with Gasteiger partial charge in [-0.15, -0.1) is 0 Å². The first-order valence-electron chi connectivity index (χ1n) is 6.53. The molecule has 78 valence electrons. The van der Waals surface area contributed by atoms with Gasteiger partial charge in [-0.1, -0.05) is 37.8 Å². The van der Waals surface area contributed by atoms with Crippen molar-refractivity contribution in [2.24, 2.45) is 10.8 Å². The molecule has 0 heteroatoms. The summed E-state index contributed by atoms with van der Waals surface area (Å²) in [5, 5.41) is 0. The summed E-state index contributed by atoms with van der Waals surface area (Å²) in [5.74, 6) is 0. The Morgan fingerprint density at radius 1 is 0.500 bits per heavy atom. The van der Waals surface area contributed by atoms with Crippen molar-refractivity contribution in [3.05, 3.63) is 12.2 Å². The molecule has 0 nitrogen and oxygen atoms in total. The van der Waals surface area contributed by atoms with Crippen LogP contribution in [0.4, 0.5) is 0 Å². The molecular formula is C14H22. The lowest BCUT2D eigenvalue weighted by Crippen LogP contribution is -2.25. The van der Waals surface area contributed by atoms with E-state index in [4.69, 9.17) is 0 Å². The lowest BCUT2D eigenvalue weighted by atomic mass is 9.67. The Morgan fingerprint density at radius 2 is 0.857 bits per heavy atom. The molecule has 2 spiro atoms. The second-order valence-electron chi connectivity index (χ2n) is 5.97. The van der Waals surface area contributed by atoms with Crippen LogP contribution < -0.4 is 0 Å². The van der Waals surface area contributed by atoms with Crippen LogP contribution in [0.25, 0.3) is 0 Å². The molecule has 0 unspecified atom stereocenters. The van der Waals surface area contributed by atoms with Gasteiger partial charge in [0.05, 0.1) is 0 Å². The van der Waals surface area contributed by atoms with Crippen LogP contribution in [-0.2, 0) is 0 Å². The van der Waals surface area contributed by atoms with Gasteiger partial charge in [0.15, 0.2) is 0 Å². The van der Waals surface area contributed by atoms with Crippen molar-refractivity contribution in [1.82, 2.24) is 0 Å². The zero-order valence-electron chi connectivity index (χ0n) is 9.23. The molecule has 0 heterocycles. The number of rotatable bonds is 0. The van der Waals surface area contributed by atoms with Gasteiger partial charge in [-0.05, 0) is 49.4 Å². The van der Waals surface area contributed by atoms with E-state index in [2.05, 4.69) is 12.2 Å². The van der Waals surface area contributed by atoms with Crippen LogP contribution in [0, 0.1) is 10.8 Å². The monoisotopic (exact) mass is 190 g/mol. The van der Waals surface area contributed by atoms with E-state index in [0.717, 1.165) is 0 Å². The molecule has 0 aromatic rings. The molecule has 14 heavy (non-hydrogen) atoms. The Balaban J connectivity index is 1.79. The highest BCUT2D eigenvalue weighted by molar-refractivity contribution is 5.14. The molecule has 0 radical (unpaired) electrons. The van der Waals surface area contributed by atoms with Gasteiger partial charge in [0, 0.05) is 0 Å². The quantitative estimate of drug-likeness (QED) is 0.495. The molecule has 2 fully saturated rings. The maximum atomic E-state index is 2.63. The summed E-state index contributed by atoms with van der Waals surface area (Å²) in [7, 11) is 0. The molecular weight excluding hydrogens is 168 g/mol. The van der Waals surface area contributed by atoms with Gasteiger partial charge in [-0.3, -0.25) is 0 Å².